The first-order valence-corrected chi connectivity index (χ1v) is 6.51. The minimum Gasteiger partial charge on any atom is -0.505 e. The number of carbonyl (C=O) groups is 1. The SMILES string of the molecule is O=C(CO)c1ncc(CNc2ccc(F)cc2)c(CO)c1O. The Balaban J connectivity index is 2.22. The highest BCUT2D eigenvalue weighted by Crippen LogP contribution is 2.25. The number of hydrogen-bond donors (Lipinski definition) is 4. The van der Waals surface area contributed by atoms with Crippen molar-refractivity contribution in [2.45, 2.75) is 13.2 Å². The number of hydrogen-bond acceptors (Lipinski definition) is 6. The van der Waals surface area contributed by atoms with Gasteiger partial charge in [0, 0.05) is 24.0 Å². The van der Waals surface area contributed by atoms with Crippen molar-refractivity contribution in [3.63, 3.8) is 0 Å². The first kappa shape index (κ1) is 15.9. The monoisotopic (exact) mass is 306 g/mol. The zero-order valence-electron chi connectivity index (χ0n) is 11.6. The summed E-state index contributed by atoms with van der Waals surface area (Å²) in [5.41, 5.74) is 1.01. The summed E-state index contributed by atoms with van der Waals surface area (Å²) in [6.45, 7) is -1.05. The van der Waals surface area contributed by atoms with Crippen molar-refractivity contribution in [3.8, 4) is 5.75 Å². The zero-order chi connectivity index (χ0) is 16.1. The van der Waals surface area contributed by atoms with Crippen molar-refractivity contribution in [1.82, 2.24) is 4.98 Å². The van der Waals surface area contributed by atoms with Crippen LogP contribution >= 0.6 is 0 Å². The minimum absolute atomic E-state index is 0.154. The number of aliphatic hydroxyl groups excluding tert-OH is 2. The Labute approximate surface area is 125 Å². The van der Waals surface area contributed by atoms with E-state index in [1.165, 1.54) is 18.3 Å². The van der Waals surface area contributed by atoms with Crippen LogP contribution in [-0.2, 0) is 13.2 Å². The molecule has 0 saturated heterocycles. The number of aromatic nitrogens is 1. The average Bonchev–Trinajstić information content (AvgIpc) is 2.53. The summed E-state index contributed by atoms with van der Waals surface area (Å²) < 4.78 is 12.8. The zero-order valence-corrected chi connectivity index (χ0v) is 11.6. The number of rotatable bonds is 6. The van der Waals surface area contributed by atoms with Crippen LogP contribution < -0.4 is 5.32 Å². The normalized spacial score (nSPS) is 10.5. The van der Waals surface area contributed by atoms with Gasteiger partial charge in [-0.3, -0.25) is 4.79 Å². The van der Waals surface area contributed by atoms with E-state index in [0.29, 0.717) is 11.3 Å². The fourth-order valence-electron chi connectivity index (χ4n) is 1.95. The van der Waals surface area contributed by atoms with Crippen LogP contribution in [0.4, 0.5) is 10.1 Å². The minimum atomic E-state index is -0.779. The van der Waals surface area contributed by atoms with Gasteiger partial charge in [-0.1, -0.05) is 0 Å². The van der Waals surface area contributed by atoms with Gasteiger partial charge in [0.25, 0.3) is 0 Å². The molecule has 0 aliphatic heterocycles. The molecule has 1 aromatic carbocycles. The lowest BCUT2D eigenvalue weighted by Gasteiger charge is -2.13. The van der Waals surface area contributed by atoms with Crippen molar-refractivity contribution in [1.29, 1.82) is 0 Å². The number of ketones is 1. The number of benzene rings is 1. The van der Waals surface area contributed by atoms with Crippen molar-refractivity contribution in [2.24, 2.45) is 0 Å². The fourth-order valence-corrected chi connectivity index (χ4v) is 1.95. The number of aromatic hydroxyl groups is 1. The molecule has 0 bridgehead atoms. The molecule has 0 saturated carbocycles. The van der Waals surface area contributed by atoms with Gasteiger partial charge in [0.1, 0.15) is 12.4 Å². The van der Waals surface area contributed by atoms with Gasteiger partial charge in [0.2, 0.25) is 5.78 Å². The predicted molar refractivity (Wildman–Crippen MR) is 77.0 cm³/mol. The van der Waals surface area contributed by atoms with Crippen LogP contribution in [0.15, 0.2) is 30.5 Å². The second kappa shape index (κ2) is 6.97. The van der Waals surface area contributed by atoms with Crippen LogP contribution in [0.5, 0.6) is 5.75 Å². The molecular weight excluding hydrogens is 291 g/mol. The Morgan fingerprint density at radius 1 is 1.23 bits per heavy atom. The first-order chi connectivity index (χ1) is 10.6. The summed E-state index contributed by atoms with van der Waals surface area (Å²) in [4.78, 5) is 15.2. The number of anilines is 1. The predicted octanol–water partition coefficient (Wildman–Crippen LogP) is 1.21. The van der Waals surface area contributed by atoms with Crippen LogP contribution in [-0.4, -0.2) is 32.7 Å². The Bertz CT molecular complexity index is 674. The second-order valence-electron chi connectivity index (χ2n) is 4.56. The van der Waals surface area contributed by atoms with Crippen molar-refractivity contribution in [2.75, 3.05) is 11.9 Å². The van der Waals surface area contributed by atoms with E-state index in [1.54, 1.807) is 12.1 Å². The van der Waals surface area contributed by atoms with Gasteiger partial charge in [-0.2, -0.15) is 0 Å². The third kappa shape index (κ3) is 3.38. The molecule has 0 spiro atoms. The highest BCUT2D eigenvalue weighted by atomic mass is 19.1. The molecule has 116 valence electrons. The lowest BCUT2D eigenvalue weighted by atomic mass is 10.1. The van der Waals surface area contributed by atoms with Gasteiger partial charge >= 0.3 is 0 Å². The maximum Gasteiger partial charge on any atom is 0.210 e. The standard InChI is InChI=1S/C15H15FN2O4/c16-10-1-3-11(4-2-10)17-5-9-6-18-14(13(21)8-20)15(22)12(9)7-19/h1-4,6,17,19-20,22H,5,7-8H2. The summed E-state index contributed by atoms with van der Waals surface area (Å²) in [5, 5.41) is 31.1. The second-order valence-corrected chi connectivity index (χ2v) is 4.56. The molecule has 0 unspecified atom stereocenters. The largest absolute Gasteiger partial charge is 0.505 e. The van der Waals surface area contributed by atoms with E-state index in [-0.39, 0.29) is 23.6 Å². The number of aliphatic hydroxyl groups is 2. The van der Waals surface area contributed by atoms with Gasteiger partial charge in [0.15, 0.2) is 11.4 Å². The summed E-state index contributed by atoms with van der Waals surface area (Å²) in [7, 11) is 0. The van der Waals surface area contributed by atoms with E-state index in [9.17, 15) is 19.4 Å². The number of pyridine rings is 1. The maximum absolute atomic E-state index is 12.8. The van der Waals surface area contributed by atoms with Crippen molar-refractivity contribution < 1.29 is 24.5 Å². The molecule has 0 amide bonds. The highest BCUT2D eigenvalue weighted by Gasteiger charge is 2.18. The molecule has 2 aromatic rings. The van der Waals surface area contributed by atoms with Crippen LogP contribution in [0.2, 0.25) is 0 Å². The third-order valence-electron chi connectivity index (χ3n) is 3.14. The first-order valence-electron chi connectivity index (χ1n) is 6.51. The molecule has 6 nitrogen and oxygen atoms in total. The molecule has 22 heavy (non-hydrogen) atoms. The van der Waals surface area contributed by atoms with Crippen LogP contribution in [0.1, 0.15) is 21.6 Å². The molecule has 4 N–H and O–H groups in total. The maximum atomic E-state index is 12.8. The van der Waals surface area contributed by atoms with Crippen LogP contribution in [0.3, 0.4) is 0 Å². The lowest BCUT2D eigenvalue weighted by Crippen LogP contribution is -2.11. The van der Waals surface area contributed by atoms with E-state index in [0.717, 1.165) is 0 Å². The summed E-state index contributed by atoms with van der Waals surface area (Å²) >= 11 is 0. The molecule has 0 atom stereocenters. The molecule has 0 fully saturated rings. The van der Waals surface area contributed by atoms with Crippen molar-refractivity contribution in [3.05, 3.63) is 53.1 Å². The van der Waals surface area contributed by atoms with E-state index >= 15 is 0 Å². The number of carbonyl (C=O) groups excluding carboxylic acids is 1. The lowest BCUT2D eigenvalue weighted by molar-refractivity contribution is 0.0895. The van der Waals surface area contributed by atoms with Gasteiger partial charge in [-0.15, -0.1) is 0 Å². The molecule has 0 aliphatic rings. The molecule has 1 aromatic heterocycles. The summed E-state index contributed by atoms with van der Waals surface area (Å²) in [5.74, 6) is -1.53. The summed E-state index contributed by atoms with van der Waals surface area (Å²) in [6.07, 6.45) is 1.34. The Kier molecular flexibility index (Phi) is 5.03. The van der Waals surface area contributed by atoms with Crippen molar-refractivity contribution >= 4 is 11.5 Å². The molecule has 2 rings (SSSR count). The van der Waals surface area contributed by atoms with Gasteiger partial charge in [0.05, 0.1) is 6.61 Å². The fraction of sp³-hybridized carbons (Fsp3) is 0.200. The Hall–Kier alpha value is -2.51. The van der Waals surface area contributed by atoms with E-state index in [2.05, 4.69) is 10.3 Å². The summed E-state index contributed by atoms with van der Waals surface area (Å²) in [6, 6.07) is 5.69. The molecular formula is C15H15FN2O4. The number of Topliss-reactive ketones (excluding diaryl/α,β-unsaturated/α-hetero) is 1. The van der Waals surface area contributed by atoms with Crippen LogP contribution in [0, 0.1) is 5.82 Å². The van der Waals surface area contributed by atoms with Crippen LogP contribution in [0.25, 0.3) is 0 Å². The van der Waals surface area contributed by atoms with E-state index in [1.807, 2.05) is 0 Å². The smallest absolute Gasteiger partial charge is 0.210 e. The van der Waals surface area contributed by atoms with Gasteiger partial charge < -0.3 is 20.6 Å². The van der Waals surface area contributed by atoms with Gasteiger partial charge in [-0.25, -0.2) is 9.37 Å². The average molecular weight is 306 g/mol. The Morgan fingerprint density at radius 2 is 1.91 bits per heavy atom. The van der Waals surface area contributed by atoms with E-state index < -0.39 is 24.7 Å². The van der Waals surface area contributed by atoms with Gasteiger partial charge in [-0.05, 0) is 29.8 Å². The molecule has 1 heterocycles. The Morgan fingerprint density at radius 3 is 2.50 bits per heavy atom. The molecule has 0 radical (unpaired) electrons. The number of nitrogens with one attached hydrogen (secondary N) is 1. The molecule has 0 aliphatic carbocycles. The topological polar surface area (TPSA) is 103 Å². The number of halogens is 1. The third-order valence-corrected chi connectivity index (χ3v) is 3.14. The molecule has 7 heteroatoms. The van der Waals surface area contributed by atoms with E-state index in [4.69, 9.17) is 5.11 Å². The number of nitrogens with zero attached hydrogens (tertiary/aromatic N) is 1. The quantitative estimate of drug-likeness (QED) is 0.598. The highest BCUT2D eigenvalue weighted by molar-refractivity contribution is 5.97.